The standard InChI is InChI=1S/C17H16F2N4O/c1-10-7-16(24-9-13-8-14(18)4-5-15(13)19)21-17(20-10)23-12(3)6-11(2)22-23/h4-8H,9H2,1-3H3. The first kappa shape index (κ1) is 16.0. The average Bonchev–Trinajstić information content (AvgIpc) is 2.86. The molecule has 0 spiro atoms. The highest BCUT2D eigenvalue weighted by Crippen LogP contribution is 2.17. The molecule has 24 heavy (non-hydrogen) atoms. The Hall–Kier alpha value is -2.83. The van der Waals surface area contributed by atoms with E-state index in [1.807, 2.05) is 19.9 Å². The molecule has 7 heteroatoms. The van der Waals surface area contributed by atoms with Crippen LogP contribution < -0.4 is 4.74 Å². The van der Waals surface area contributed by atoms with Crippen molar-refractivity contribution in [1.29, 1.82) is 0 Å². The molecule has 0 atom stereocenters. The van der Waals surface area contributed by atoms with Gasteiger partial charge in [0.25, 0.3) is 5.95 Å². The molecule has 124 valence electrons. The van der Waals surface area contributed by atoms with Crippen LogP contribution in [0.3, 0.4) is 0 Å². The minimum absolute atomic E-state index is 0.124. The molecule has 0 aliphatic carbocycles. The van der Waals surface area contributed by atoms with Crippen molar-refractivity contribution in [3.8, 4) is 11.8 Å². The Morgan fingerprint density at radius 1 is 1.00 bits per heavy atom. The lowest BCUT2D eigenvalue weighted by molar-refractivity contribution is 0.286. The largest absolute Gasteiger partial charge is 0.473 e. The summed E-state index contributed by atoms with van der Waals surface area (Å²) in [6.07, 6.45) is 0. The van der Waals surface area contributed by atoms with Crippen LogP contribution in [0.4, 0.5) is 8.78 Å². The van der Waals surface area contributed by atoms with E-state index in [0.29, 0.717) is 11.6 Å². The fourth-order valence-electron chi connectivity index (χ4n) is 2.33. The van der Waals surface area contributed by atoms with Crippen molar-refractivity contribution in [1.82, 2.24) is 19.7 Å². The van der Waals surface area contributed by atoms with E-state index in [1.165, 1.54) is 0 Å². The third-order valence-corrected chi connectivity index (χ3v) is 3.40. The minimum atomic E-state index is -0.527. The van der Waals surface area contributed by atoms with Crippen LogP contribution >= 0.6 is 0 Å². The summed E-state index contributed by atoms with van der Waals surface area (Å²) in [7, 11) is 0. The molecule has 0 aliphatic heterocycles. The predicted molar refractivity (Wildman–Crippen MR) is 84.1 cm³/mol. The highest BCUT2D eigenvalue weighted by Gasteiger charge is 2.11. The molecular formula is C17H16F2N4O. The van der Waals surface area contributed by atoms with Gasteiger partial charge in [-0.05, 0) is 45.0 Å². The SMILES string of the molecule is Cc1cc(OCc2cc(F)ccc2F)nc(-n2nc(C)cc2C)n1. The van der Waals surface area contributed by atoms with Crippen molar-refractivity contribution in [2.75, 3.05) is 0 Å². The lowest BCUT2D eigenvalue weighted by Gasteiger charge is -2.09. The van der Waals surface area contributed by atoms with Gasteiger partial charge in [-0.3, -0.25) is 0 Å². The van der Waals surface area contributed by atoms with Crippen molar-refractivity contribution >= 4 is 0 Å². The molecule has 0 bridgehead atoms. The molecule has 0 N–H and O–H groups in total. The van der Waals surface area contributed by atoms with E-state index in [-0.39, 0.29) is 18.1 Å². The van der Waals surface area contributed by atoms with Crippen molar-refractivity contribution in [3.05, 3.63) is 64.6 Å². The summed E-state index contributed by atoms with van der Waals surface area (Å²) >= 11 is 0. The smallest absolute Gasteiger partial charge is 0.254 e. The molecule has 0 aliphatic rings. The molecule has 2 aromatic heterocycles. The Bertz CT molecular complexity index is 892. The average molecular weight is 330 g/mol. The third-order valence-electron chi connectivity index (χ3n) is 3.40. The Morgan fingerprint density at radius 3 is 2.50 bits per heavy atom. The number of rotatable bonds is 4. The van der Waals surface area contributed by atoms with Crippen LogP contribution in [0.15, 0.2) is 30.3 Å². The number of nitrogens with zero attached hydrogens (tertiary/aromatic N) is 4. The lowest BCUT2D eigenvalue weighted by atomic mass is 10.2. The lowest BCUT2D eigenvalue weighted by Crippen LogP contribution is -2.08. The first-order valence-electron chi connectivity index (χ1n) is 7.38. The van der Waals surface area contributed by atoms with Crippen LogP contribution in [-0.2, 0) is 6.61 Å². The molecule has 0 fully saturated rings. The van der Waals surface area contributed by atoms with Crippen molar-refractivity contribution in [2.45, 2.75) is 27.4 Å². The summed E-state index contributed by atoms with van der Waals surface area (Å²) in [6.45, 7) is 5.45. The summed E-state index contributed by atoms with van der Waals surface area (Å²) in [5.74, 6) is -0.401. The second-order valence-corrected chi connectivity index (χ2v) is 5.51. The second-order valence-electron chi connectivity index (χ2n) is 5.51. The molecule has 5 nitrogen and oxygen atoms in total. The molecule has 0 amide bonds. The van der Waals surface area contributed by atoms with Gasteiger partial charge in [0.15, 0.2) is 0 Å². The van der Waals surface area contributed by atoms with Crippen LogP contribution in [0.25, 0.3) is 5.95 Å². The Labute approximate surface area is 137 Å². The van der Waals surface area contributed by atoms with Gasteiger partial charge in [0.05, 0.1) is 5.69 Å². The van der Waals surface area contributed by atoms with Gasteiger partial charge in [0.2, 0.25) is 5.88 Å². The second kappa shape index (κ2) is 6.35. The van der Waals surface area contributed by atoms with Gasteiger partial charge in [-0.15, -0.1) is 0 Å². The van der Waals surface area contributed by atoms with Crippen molar-refractivity contribution in [3.63, 3.8) is 0 Å². The summed E-state index contributed by atoms with van der Waals surface area (Å²) in [4.78, 5) is 8.64. The highest BCUT2D eigenvalue weighted by atomic mass is 19.1. The van der Waals surface area contributed by atoms with Crippen LogP contribution in [0, 0.1) is 32.4 Å². The quantitative estimate of drug-likeness (QED) is 0.735. The van der Waals surface area contributed by atoms with Crippen LogP contribution in [0.2, 0.25) is 0 Å². The van der Waals surface area contributed by atoms with Crippen LogP contribution in [-0.4, -0.2) is 19.7 Å². The van der Waals surface area contributed by atoms with E-state index in [2.05, 4.69) is 15.1 Å². The number of halogens is 2. The number of ether oxygens (including phenoxy) is 1. The first-order chi connectivity index (χ1) is 11.4. The molecule has 3 aromatic rings. The fraction of sp³-hybridized carbons (Fsp3) is 0.235. The van der Waals surface area contributed by atoms with E-state index in [1.54, 1.807) is 17.7 Å². The molecule has 2 heterocycles. The predicted octanol–water partition coefficient (Wildman–Crippen LogP) is 3.44. The first-order valence-corrected chi connectivity index (χ1v) is 7.38. The Balaban J connectivity index is 1.86. The van der Waals surface area contributed by atoms with Gasteiger partial charge in [-0.25, -0.2) is 18.4 Å². The zero-order valence-electron chi connectivity index (χ0n) is 13.5. The van der Waals surface area contributed by atoms with E-state index < -0.39 is 11.6 Å². The number of aromatic nitrogens is 4. The van der Waals surface area contributed by atoms with Crippen LogP contribution in [0.5, 0.6) is 5.88 Å². The third kappa shape index (κ3) is 3.40. The molecule has 0 saturated carbocycles. The van der Waals surface area contributed by atoms with Gasteiger partial charge >= 0.3 is 0 Å². The Kier molecular flexibility index (Phi) is 4.24. The molecule has 3 rings (SSSR count). The maximum absolute atomic E-state index is 13.7. The van der Waals surface area contributed by atoms with E-state index in [9.17, 15) is 8.78 Å². The summed E-state index contributed by atoms with van der Waals surface area (Å²) in [5.41, 5.74) is 2.54. The van der Waals surface area contributed by atoms with Gasteiger partial charge in [-0.2, -0.15) is 10.1 Å². The summed E-state index contributed by atoms with van der Waals surface area (Å²) in [5, 5.41) is 4.33. The zero-order valence-corrected chi connectivity index (χ0v) is 13.5. The normalized spacial score (nSPS) is 10.9. The van der Waals surface area contributed by atoms with E-state index in [0.717, 1.165) is 29.6 Å². The van der Waals surface area contributed by atoms with Gasteiger partial charge in [0, 0.05) is 23.0 Å². The maximum atomic E-state index is 13.7. The maximum Gasteiger partial charge on any atom is 0.254 e. The zero-order chi connectivity index (χ0) is 17.3. The number of aryl methyl sites for hydroxylation is 3. The number of benzene rings is 1. The molecule has 0 radical (unpaired) electrons. The fourth-order valence-corrected chi connectivity index (χ4v) is 2.33. The van der Waals surface area contributed by atoms with Gasteiger partial charge in [0.1, 0.15) is 18.2 Å². The van der Waals surface area contributed by atoms with E-state index >= 15 is 0 Å². The molecule has 0 saturated heterocycles. The number of hydrogen-bond acceptors (Lipinski definition) is 4. The molecule has 0 unspecified atom stereocenters. The van der Waals surface area contributed by atoms with Crippen LogP contribution in [0.1, 0.15) is 22.6 Å². The summed E-state index contributed by atoms with van der Waals surface area (Å²) in [6, 6.07) is 6.78. The number of hydrogen-bond donors (Lipinski definition) is 0. The van der Waals surface area contributed by atoms with Gasteiger partial charge in [-0.1, -0.05) is 0 Å². The molecule has 1 aromatic carbocycles. The van der Waals surface area contributed by atoms with E-state index in [4.69, 9.17) is 4.74 Å². The van der Waals surface area contributed by atoms with Crippen molar-refractivity contribution < 1.29 is 13.5 Å². The highest BCUT2D eigenvalue weighted by molar-refractivity contribution is 5.26. The van der Waals surface area contributed by atoms with Crippen molar-refractivity contribution in [2.24, 2.45) is 0 Å². The molecular weight excluding hydrogens is 314 g/mol. The Morgan fingerprint density at radius 2 is 1.79 bits per heavy atom. The monoisotopic (exact) mass is 330 g/mol. The van der Waals surface area contributed by atoms with Gasteiger partial charge < -0.3 is 4.74 Å². The minimum Gasteiger partial charge on any atom is -0.473 e. The topological polar surface area (TPSA) is 52.8 Å². The summed E-state index contributed by atoms with van der Waals surface area (Å²) < 4.78 is 34.0.